The first-order valence-electron chi connectivity index (χ1n) is 19.2. The van der Waals surface area contributed by atoms with Crippen LogP contribution in [-0.4, -0.2) is 16.0 Å². The maximum atomic E-state index is 6.74. The molecule has 5 nitrogen and oxygen atoms in total. The van der Waals surface area contributed by atoms with Gasteiger partial charge in [-0.3, -0.25) is 0 Å². The monoisotopic (exact) mass is 713 g/mol. The first-order valence-corrected chi connectivity index (χ1v) is 19.2. The fourth-order valence-electron chi connectivity index (χ4n) is 10.3. The molecule has 3 aliphatic rings. The van der Waals surface area contributed by atoms with E-state index in [1.807, 2.05) is 6.07 Å². The molecule has 0 saturated heterocycles. The molecule has 11 aromatic rings. The fraction of sp³-hybridized carbons (Fsp3) is 0. The molecule has 8 aromatic carbocycles. The molecule has 3 aliphatic heterocycles. The lowest BCUT2D eigenvalue weighted by Crippen LogP contribution is -2.61. The average molecular weight is 714 g/mol. The summed E-state index contributed by atoms with van der Waals surface area (Å²) in [5.74, 6) is 2.60. The topological polar surface area (TPSA) is 35.5 Å². The van der Waals surface area contributed by atoms with Crippen molar-refractivity contribution in [3.63, 3.8) is 0 Å². The minimum absolute atomic E-state index is 0.135. The van der Waals surface area contributed by atoms with Gasteiger partial charge in [0.2, 0.25) is 0 Å². The van der Waals surface area contributed by atoms with Crippen LogP contribution < -0.4 is 20.5 Å². The number of para-hydroxylation sites is 6. The average Bonchev–Trinajstić information content (AvgIpc) is 3.94. The van der Waals surface area contributed by atoms with Crippen molar-refractivity contribution in [1.82, 2.24) is 9.13 Å². The van der Waals surface area contributed by atoms with Gasteiger partial charge in [0.1, 0.15) is 17.1 Å². The van der Waals surface area contributed by atoms with Crippen molar-refractivity contribution in [1.29, 1.82) is 0 Å². The molecule has 14 rings (SSSR count). The summed E-state index contributed by atoms with van der Waals surface area (Å²) in [6.45, 7) is -0.135. The highest BCUT2D eigenvalue weighted by atomic mass is 16.5. The Hall–Kier alpha value is -7.44. The van der Waals surface area contributed by atoms with Gasteiger partial charge < -0.3 is 23.1 Å². The predicted octanol–water partition coefficient (Wildman–Crippen LogP) is 11.6. The fourth-order valence-corrected chi connectivity index (χ4v) is 10.3. The molecule has 0 saturated carbocycles. The van der Waals surface area contributed by atoms with Crippen LogP contribution in [0.25, 0.3) is 88.4 Å². The molecule has 258 valence electrons. The van der Waals surface area contributed by atoms with Gasteiger partial charge in [0, 0.05) is 49.8 Å². The molecule has 0 N–H and O–H groups in total. The van der Waals surface area contributed by atoms with Crippen LogP contribution in [0.1, 0.15) is 0 Å². The molecular weight excluding hydrogens is 685 g/mol. The Morgan fingerprint density at radius 2 is 1.16 bits per heavy atom. The zero-order chi connectivity index (χ0) is 36.2. The van der Waals surface area contributed by atoms with E-state index in [1.54, 1.807) is 0 Å². The summed E-state index contributed by atoms with van der Waals surface area (Å²) < 4.78 is 18.5. The number of hydrogen-bond acceptors (Lipinski definition) is 3. The molecule has 6 heterocycles. The van der Waals surface area contributed by atoms with Crippen LogP contribution in [0.3, 0.4) is 0 Å². The van der Waals surface area contributed by atoms with Crippen molar-refractivity contribution < 1.29 is 9.15 Å². The van der Waals surface area contributed by atoms with Crippen LogP contribution in [0.2, 0.25) is 0 Å². The molecule has 3 aromatic heterocycles. The van der Waals surface area contributed by atoms with Gasteiger partial charge in [-0.05, 0) is 65.0 Å². The lowest BCUT2D eigenvalue weighted by molar-refractivity contribution is 0.478. The first-order chi connectivity index (χ1) is 27.8. The zero-order valence-corrected chi connectivity index (χ0v) is 29.9. The third-order valence-electron chi connectivity index (χ3n) is 12.4. The second-order valence-electron chi connectivity index (χ2n) is 15.2. The van der Waals surface area contributed by atoms with E-state index in [0.29, 0.717) is 0 Å². The standard InChI is InChI=1S/C50H28BN3O2/c1-2-13-29(14-3-1)45-26-30-25-36-41(28-46(30)56-45)53-39-21-9-6-17-34(39)47-42(52-37-19-7-4-15-31(37)32-16-5-8-20-38(32)52)27-35-33-18-12-24-44-49(33)54(51(36)48(35)50(47)53)40-22-10-11-23-43(40)55-44/h1-28H. The van der Waals surface area contributed by atoms with Crippen LogP contribution in [0.5, 0.6) is 11.5 Å². The largest absolute Gasteiger partial charge is 0.456 e. The van der Waals surface area contributed by atoms with E-state index in [-0.39, 0.29) is 6.85 Å². The highest BCUT2D eigenvalue weighted by molar-refractivity contribution is 6.94. The van der Waals surface area contributed by atoms with Crippen molar-refractivity contribution in [2.24, 2.45) is 0 Å². The van der Waals surface area contributed by atoms with Gasteiger partial charge in [0.25, 0.3) is 0 Å². The van der Waals surface area contributed by atoms with Crippen molar-refractivity contribution in [3.8, 4) is 45.3 Å². The minimum atomic E-state index is -0.135. The lowest BCUT2D eigenvalue weighted by Gasteiger charge is -2.45. The van der Waals surface area contributed by atoms with Gasteiger partial charge in [0.15, 0.2) is 5.75 Å². The van der Waals surface area contributed by atoms with E-state index in [4.69, 9.17) is 9.15 Å². The third-order valence-corrected chi connectivity index (χ3v) is 12.4. The summed E-state index contributed by atoms with van der Waals surface area (Å²) in [6.07, 6.45) is 0. The summed E-state index contributed by atoms with van der Waals surface area (Å²) in [5.41, 5.74) is 16.1. The van der Waals surface area contributed by atoms with E-state index in [9.17, 15) is 0 Å². The Labute approximate surface area is 320 Å². The van der Waals surface area contributed by atoms with Gasteiger partial charge in [0.05, 0.1) is 39.1 Å². The Morgan fingerprint density at radius 3 is 1.96 bits per heavy atom. The molecule has 0 aliphatic carbocycles. The minimum Gasteiger partial charge on any atom is -0.456 e. The summed E-state index contributed by atoms with van der Waals surface area (Å²) in [6, 6.07) is 61.3. The van der Waals surface area contributed by atoms with Gasteiger partial charge in [-0.15, -0.1) is 0 Å². The molecular formula is C50H28BN3O2. The Bertz CT molecular complexity index is 3480. The van der Waals surface area contributed by atoms with Crippen LogP contribution in [0.15, 0.2) is 174 Å². The van der Waals surface area contributed by atoms with Crippen LogP contribution in [-0.2, 0) is 0 Å². The first kappa shape index (κ1) is 29.0. The van der Waals surface area contributed by atoms with E-state index >= 15 is 0 Å². The maximum Gasteiger partial charge on any atom is 0.333 e. The number of furan rings is 1. The van der Waals surface area contributed by atoms with Gasteiger partial charge in [-0.25, -0.2) is 0 Å². The van der Waals surface area contributed by atoms with Crippen molar-refractivity contribution >= 4 is 83.7 Å². The smallest absolute Gasteiger partial charge is 0.333 e. The molecule has 0 fully saturated rings. The van der Waals surface area contributed by atoms with Crippen molar-refractivity contribution in [2.45, 2.75) is 0 Å². The quantitative estimate of drug-likeness (QED) is 0.167. The maximum absolute atomic E-state index is 6.74. The highest BCUT2D eigenvalue weighted by Crippen LogP contribution is 2.55. The highest BCUT2D eigenvalue weighted by Gasteiger charge is 2.47. The summed E-state index contributed by atoms with van der Waals surface area (Å²) in [7, 11) is 0. The Balaban J connectivity index is 1.20. The summed E-state index contributed by atoms with van der Waals surface area (Å²) in [4.78, 5) is 2.55. The predicted molar refractivity (Wildman–Crippen MR) is 229 cm³/mol. The SMILES string of the molecule is c1ccc(-c2cc3cc4c(cc3o2)-n2c3ccccc3c3c(-n5c6ccccc6c6ccccc65)cc5c(c32)B4N2c3ccccc3Oc3cccc-5c32)cc1. The van der Waals surface area contributed by atoms with E-state index < -0.39 is 0 Å². The number of ether oxygens (including phenoxy) is 1. The van der Waals surface area contributed by atoms with Gasteiger partial charge in [-0.2, -0.15) is 0 Å². The van der Waals surface area contributed by atoms with Gasteiger partial charge >= 0.3 is 6.85 Å². The zero-order valence-electron chi connectivity index (χ0n) is 29.9. The lowest BCUT2D eigenvalue weighted by atomic mass is 9.43. The Kier molecular flexibility index (Phi) is 5.28. The summed E-state index contributed by atoms with van der Waals surface area (Å²) in [5, 5.41) is 6.04. The molecule has 0 radical (unpaired) electrons. The van der Waals surface area contributed by atoms with E-state index in [0.717, 1.165) is 50.9 Å². The molecule has 6 heteroatoms. The van der Waals surface area contributed by atoms with Crippen LogP contribution >= 0.6 is 0 Å². The number of aromatic nitrogens is 2. The second-order valence-corrected chi connectivity index (χ2v) is 15.2. The van der Waals surface area contributed by atoms with Crippen LogP contribution in [0.4, 0.5) is 11.4 Å². The number of anilines is 2. The Morgan fingerprint density at radius 1 is 0.482 bits per heavy atom. The number of hydrogen-bond donors (Lipinski definition) is 0. The molecule has 0 amide bonds. The molecule has 0 bridgehead atoms. The van der Waals surface area contributed by atoms with Crippen LogP contribution in [0, 0.1) is 0 Å². The van der Waals surface area contributed by atoms with Crippen molar-refractivity contribution in [2.75, 3.05) is 4.81 Å². The van der Waals surface area contributed by atoms with Crippen molar-refractivity contribution in [3.05, 3.63) is 170 Å². The third kappa shape index (κ3) is 3.48. The molecule has 0 spiro atoms. The van der Waals surface area contributed by atoms with E-state index in [2.05, 4.69) is 178 Å². The van der Waals surface area contributed by atoms with Gasteiger partial charge in [-0.1, -0.05) is 115 Å². The normalized spacial score (nSPS) is 13.4. The summed E-state index contributed by atoms with van der Waals surface area (Å²) >= 11 is 0. The molecule has 0 unspecified atom stereocenters. The number of benzene rings is 8. The van der Waals surface area contributed by atoms with E-state index in [1.165, 1.54) is 71.4 Å². The molecule has 56 heavy (non-hydrogen) atoms. The number of rotatable bonds is 2. The molecule has 0 atom stereocenters. The number of nitrogens with zero attached hydrogens (tertiary/aromatic N) is 3. The number of fused-ring (bicyclic) bond motifs is 14. The second kappa shape index (κ2) is 10.2.